The van der Waals surface area contributed by atoms with E-state index in [1.54, 1.807) is 0 Å². The van der Waals surface area contributed by atoms with E-state index in [2.05, 4.69) is 23.3 Å². The molecule has 1 amide bonds. The molecule has 2 heterocycles. The molecule has 0 unspecified atom stereocenters. The molecule has 2 aromatic carbocycles. The van der Waals surface area contributed by atoms with Crippen LogP contribution in [0.2, 0.25) is 0 Å². The molecule has 25 heavy (non-hydrogen) atoms. The molecular weight excluding hydrogens is 314 g/mol. The first-order valence-electron chi connectivity index (χ1n) is 8.57. The summed E-state index contributed by atoms with van der Waals surface area (Å²) in [6.45, 7) is 5.81. The molecule has 128 valence electrons. The van der Waals surface area contributed by atoms with Gasteiger partial charge >= 0.3 is 0 Å². The van der Waals surface area contributed by atoms with Gasteiger partial charge < -0.3 is 14.6 Å². The number of benzene rings is 2. The van der Waals surface area contributed by atoms with Gasteiger partial charge in [-0.15, -0.1) is 0 Å². The van der Waals surface area contributed by atoms with E-state index in [0.717, 1.165) is 28.9 Å². The maximum absolute atomic E-state index is 13.0. The molecular formula is C20H21N3O2. The SMILES string of the molecule is Cc1nc2cc(N[C@H](C)C(=O)N3c4ccccc4C[C@@H]3C)ccc2o1. The summed E-state index contributed by atoms with van der Waals surface area (Å²) in [6.07, 6.45) is 0.902. The minimum atomic E-state index is -0.334. The summed E-state index contributed by atoms with van der Waals surface area (Å²) >= 11 is 0. The van der Waals surface area contributed by atoms with E-state index in [1.165, 1.54) is 5.56 Å². The monoisotopic (exact) mass is 335 g/mol. The summed E-state index contributed by atoms with van der Waals surface area (Å²) in [5, 5.41) is 3.30. The summed E-state index contributed by atoms with van der Waals surface area (Å²) in [5.41, 5.74) is 4.67. The van der Waals surface area contributed by atoms with Crippen molar-refractivity contribution in [1.29, 1.82) is 0 Å². The van der Waals surface area contributed by atoms with Gasteiger partial charge in [0.2, 0.25) is 5.91 Å². The van der Waals surface area contributed by atoms with Crippen LogP contribution in [0.15, 0.2) is 46.9 Å². The average molecular weight is 335 g/mol. The zero-order chi connectivity index (χ0) is 17.6. The van der Waals surface area contributed by atoms with Crippen LogP contribution in [0.3, 0.4) is 0 Å². The molecule has 0 bridgehead atoms. The highest BCUT2D eigenvalue weighted by molar-refractivity contribution is 6.00. The molecule has 0 spiro atoms. The van der Waals surface area contributed by atoms with Gasteiger partial charge in [-0.25, -0.2) is 4.98 Å². The number of aryl methyl sites for hydroxylation is 1. The number of amides is 1. The van der Waals surface area contributed by atoms with Gasteiger partial charge in [0.05, 0.1) is 0 Å². The first-order chi connectivity index (χ1) is 12.0. The third kappa shape index (κ3) is 2.76. The number of carbonyl (C=O) groups excluding carboxylic acids is 1. The van der Waals surface area contributed by atoms with E-state index in [1.807, 2.05) is 55.1 Å². The van der Waals surface area contributed by atoms with E-state index in [9.17, 15) is 4.79 Å². The summed E-state index contributed by atoms with van der Waals surface area (Å²) in [4.78, 5) is 19.3. The topological polar surface area (TPSA) is 58.4 Å². The van der Waals surface area contributed by atoms with Crippen molar-refractivity contribution in [3.8, 4) is 0 Å². The second kappa shape index (κ2) is 5.92. The molecule has 4 rings (SSSR count). The number of nitrogens with one attached hydrogen (secondary N) is 1. The van der Waals surface area contributed by atoms with Crippen molar-refractivity contribution in [2.45, 2.75) is 39.3 Å². The maximum atomic E-state index is 13.0. The predicted molar refractivity (Wildman–Crippen MR) is 98.9 cm³/mol. The molecule has 0 saturated heterocycles. The van der Waals surface area contributed by atoms with E-state index < -0.39 is 0 Å². The van der Waals surface area contributed by atoms with Crippen molar-refractivity contribution in [3.05, 3.63) is 53.9 Å². The Balaban J connectivity index is 1.55. The predicted octanol–water partition coefficient (Wildman–Crippen LogP) is 3.91. The molecule has 5 nitrogen and oxygen atoms in total. The number of hydrogen-bond donors (Lipinski definition) is 1. The Morgan fingerprint density at radius 2 is 2.12 bits per heavy atom. The standard InChI is InChI=1S/C20H21N3O2/c1-12-10-15-6-4-5-7-18(15)23(12)20(24)13(2)21-16-8-9-19-17(11-16)22-14(3)25-19/h4-9,11-13,21H,10H2,1-3H3/t12-,13+/m0/s1. The van der Waals surface area contributed by atoms with Crippen molar-refractivity contribution in [1.82, 2.24) is 4.98 Å². The Morgan fingerprint density at radius 1 is 1.32 bits per heavy atom. The van der Waals surface area contributed by atoms with Crippen molar-refractivity contribution >= 4 is 28.4 Å². The van der Waals surface area contributed by atoms with Crippen LogP contribution in [0.5, 0.6) is 0 Å². The van der Waals surface area contributed by atoms with Gasteiger partial charge in [-0.2, -0.15) is 0 Å². The van der Waals surface area contributed by atoms with Gasteiger partial charge in [0.15, 0.2) is 11.5 Å². The van der Waals surface area contributed by atoms with Crippen LogP contribution >= 0.6 is 0 Å². The van der Waals surface area contributed by atoms with E-state index in [0.29, 0.717) is 5.89 Å². The first kappa shape index (κ1) is 15.7. The lowest BCUT2D eigenvalue weighted by molar-refractivity contribution is -0.119. The van der Waals surface area contributed by atoms with Gasteiger partial charge in [0.1, 0.15) is 11.6 Å². The molecule has 0 saturated carbocycles. The molecule has 0 aliphatic carbocycles. The average Bonchev–Trinajstić information content (AvgIpc) is 3.11. The largest absolute Gasteiger partial charge is 0.441 e. The number of oxazole rings is 1. The van der Waals surface area contributed by atoms with Gasteiger partial charge in [0.25, 0.3) is 0 Å². The van der Waals surface area contributed by atoms with Crippen LogP contribution in [-0.4, -0.2) is 23.0 Å². The zero-order valence-electron chi connectivity index (χ0n) is 14.6. The van der Waals surface area contributed by atoms with Crippen LogP contribution in [0.4, 0.5) is 11.4 Å². The normalized spacial score (nSPS) is 17.6. The van der Waals surface area contributed by atoms with E-state index in [4.69, 9.17) is 4.42 Å². The van der Waals surface area contributed by atoms with Crippen molar-refractivity contribution in [3.63, 3.8) is 0 Å². The second-order valence-electron chi connectivity index (χ2n) is 6.67. The number of carbonyl (C=O) groups is 1. The quantitative estimate of drug-likeness (QED) is 0.788. The lowest BCUT2D eigenvalue weighted by atomic mass is 10.1. The van der Waals surface area contributed by atoms with Crippen LogP contribution in [0.25, 0.3) is 11.1 Å². The van der Waals surface area contributed by atoms with Crippen molar-refractivity contribution in [2.75, 3.05) is 10.2 Å². The Morgan fingerprint density at radius 3 is 2.96 bits per heavy atom. The number of aromatic nitrogens is 1. The summed E-state index contributed by atoms with van der Waals surface area (Å²) < 4.78 is 5.50. The fourth-order valence-electron chi connectivity index (χ4n) is 3.55. The van der Waals surface area contributed by atoms with E-state index in [-0.39, 0.29) is 18.0 Å². The number of hydrogen-bond acceptors (Lipinski definition) is 4. The Hall–Kier alpha value is -2.82. The molecule has 5 heteroatoms. The summed E-state index contributed by atoms with van der Waals surface area (Å²) in [7, 11) is 0. The maximum Gasteiger partial charge on any atom is 0.249 e. The lowest BCUT2D eigenvalue weighted by Gasteiger charge is -2.27. The third-order valence-electron chi connectivity index (χ3n) is 4.69. The Bertz CT molecular complexity index is 947. The molecule has 1 aliphatic rings. The van der Waals surface area contributed by atoms with Crippen LogP contribution < -0.4 is 10.2 Å². The highest BCUT2D eigenvalue weighted by Gasteiger charge is 2.32. The smallest absolute Gasteiger partial charge is 0.249 e. The lowest BCUT2D eigenvalue weighted by Crippen LogP contribution is -2.44. The molecule has 2 atom stereocenters. The van der Waals surface area contributed by atoms with Crippen LogP contribution in [0, 0.1) is 6.92 Å². The highest BCUT2D eigenvalue weighted by atomic mass is 16.3. The van der Waals surface area contributed by atoms with Crippen LogP contribution in [-0.2, 0) is 11.2 Å². The number of para-hydroxylation sites is 1. The van der Waals surface area contributed by atoms with Gasteiger partial charge in [-0.05, 0) is 50.1 Å². The molecule has 3 aromatic rings. The highest BCUT2D eigenvalue weighted by Crippen LogP contribution is 2.32. The van der Waals surface area contributed by atoms with Gasteiger partial charge in [0, 0.05) is 24.3 Å². The van der Waals surface area contributed by atoms with Gasteiger partial charge in [-0.1, -0.05) is 18.2 Å². The van der Waals surface area contributed by atoms with E-state index >= 15 is 0 Å². The summed E-state index contributed by atoms with van der Waals surface area (Å²) in [6, 6.07) is 13.7. The fraction of sp³-hybridized carbons (Fsp3) is 0.300. The minimum Gasteiger partial charge on any atom is -0.441 e. The van der Waals surface area contributed by atoms with Crippen molar-refractivity contribution in [2.24, 2.45) is 0 Å². The number of anilines is 2. The molecule has 0 radical (unpaired) electrons. The molecule has 1 aliphatic heterocycles. The number of rotatable bonds is 3. The van der Waals surface area contributed by atoms with Crippen molar-refractivity contribution < 1.29 is 9.21 Å². The summed E-state index contributed by atoms with van der Waals surface area (Å²) in [5.74, 6) is 0.715. The number of fused-ring (bicyclic) bond motifs is 2. The van der Waals surface area contributed by atoms with Crippen LogP contribution in [0.1, 0.15) is 25.3 Å². The molecule has 1 N–H and O–H groups in total. The fourth-order valence-corrected chi connectivity index (χ4v) is 3.55. The number of nitrogens with zero attached hydrogens (tertiary/aromatic N) is 2. The molecule has 0 fully saturated rings. The molecule has 1 aromatic heterocycles. The van der Waals surface area contributed by atoms with Gasteiger partial charge in [-0.3, -0.25) is 4.79 Å². The third-order valence-corrected chi connectivity index (χ3v) is 4.69. The Labute approximate surface area is 146 Å². The zero-order valence-corrected chi connectivity index (χ0v) is 14.6. The second-order valence-corrected chi connectivity index (χ2v) is 6.67. The Kier molecular flexibility index (Phi) is 3.71. The minimum absolute atomic E-state index is 0.0777. The first-order valence-corrected chi connectivity index (χ1v) is 8.57.